The van der Waals surface area contributed by atoms with E-state index in [1.807, 2.05) is 18.2 Å². The van der Waals surface area contributed by atoms with Crippen molar-refractivity contribution in [2.45, 2.75) is 12.5 Å². The van der Waals surface area contributed by atoms with Crippen LogP contribution < -0.4 is 10.5 Å². The summed E-state index contributed by atoms with van der Waals surface area (Å²) >= 11 is 0. The molecule has 2 atom stereocenters. The number of rotatable bonds is 5. The molecule has 0 unspecified atom stereocenters. The number of nitrogens with two attached hydrogens (primary N) is 1. The Morgan fingerprint density at radius 3 is 2.61 bits per heavy atom. The zero-order valence-electron chi connectivity index (χ0n) is 13.5. The first-order valence-corrected chi connectivity index (χ1v) is 8.05. The van der Waals surface area contributed by atoms with Crippen LogP contribution in [0.4, 0.5) is 0 Å². The van der Waals surface area contributed by atoms with Crippen molar-refractivity contribution < 1.29 is 9.84 Å². The van der Waals surface area contributed by atoms with Crippen LogP contribution in [0.3, 0.4) is 0 Å². The van der Waals surface area contributed by atoms with Crippen LogP contribution in [-0.4, -0.2) is 36.8 Å². The lowest BCUT2D eigenvalue weighted by atomic mass is 9.89. The minimum atomic E-state index is 0.194. The van der Waals surface area contributed by atoms with Crippen molar-refractivity contribution in [3.8, 4) is 11.5 Å². The van der Waals surface area contributed by atoms with Crippen LogP contribution >= 0.6 is 0 Å². The number of ether oxygens (including phenoxy) is 1. The van der Waals surface area contributed by atoms with Crippen molar-refractivity contribution in [1.29, 1.82) is 0 Å². The molecule has 0 aromatic heterocycles. The van der Waals surface area contributed by atoms with E-state index >= 15 is 0 Å². The van der Waals surface area contributed by atoms with E-state index in [1.54, 1.807) is 13.2 Å². The highest BCUT2D eigenvalue weighted by Gasteiger charge is 2.33. The van der Waals surface area contributed by atoms with Gasteiger partial charge in [-0.2, -0.15) is 0 Å². The van der Waals surface area contributed by atoms with Crippen molar-refractivity contribution in [3.05, 3.63) is 59.7 Å². The highest BCUT2D eigenvalue weighted by molar-refractivity contribution is 5.45. The Hall–Kier alpha value is -2.04. The van der Waals surface area contributed by atoms with E-state index in [0.29, 0.717) is 24.1 Å². The van der Waals surface area contributed by atoms with E-state index < -0.39 is 0 Å². The zero-order valence-corrected chi connectivity index (χ0v) is 13.5. The van der Waals surface area contributed by atoms with Gasteiger partial charge in [-0.15, -0.1) is 0 Å². The van der Waals surface area contributed by atoms with Crippen LogP contribution in [0.25, 0.3) is 0 Å². The lowest BCUT2D eigenvalue weighted by Gasteiger charge is -2.18. The lowest BCUT2D eigenvalue weighted by Crippen LogP contribution is -2.23. The maximum absolute atomic E-state index is 9.93. The fourth-order valence-electron chi connectivity index (χ4n) is 3.58. The first-order valence-electron chi connectivity index (χ1n) is 8.05. The van der Waals surface area contributed by atoms with Crippen LogP contribution in [-0.2, 0) is 6.54 Å². The molecule has 0 bridgehead atoms. The molecule has 0 saturated carbocycles. The van der Waals surface area contributed by atoms with Gasteiger partial charge in [-0.1, -0.05) is 42.5 Å². The SMILES string of the molecule is COc1c(O)cccc1CN1C[C@@H](CN)[C@H](c2ccccc2)C1. The molecular weight excluding hydrogens is 288 g/mol. The number of phenols is 1. The third kappa shape index (κ3) is 3.33. The number of methoxy groups -OCH3 is 1. The normalized spacial score (nSPS) is 21.5. The van der Waals surface area contributed by atoms with Gasteiger partial charge in [0.25, 0.3) is 0 Å². The van der Waals surface area contributed by atoms with Crippen molar-refractivity contribution in [3.63, 3.8) is 0 Å². The van der Waals surface area contributed by atoms with Gasteiger partial charge in [0, 0.05) is 31.1 Å². The standard InChI is InChI=1S/C19H24N2O2/c1-23-19-15(8-5-9-18(19)22)11-21-12-16(10-20)17(13-21)14-6-3-2-4-7-14/h2-9,16-17,22H,10-13,20H2,1H3/t16-,17+/m1/s1. The Labute approximate surface area is 137 Å². The van der Waals surface area contributed by atoms with Crippen LogP contribution in [0, 0.1) is 5.92 Å². The number of hydrogen-bond donors (Lipinski definition) is 2. The first kappa shape index (κ1) is 15.8. The Kier molecular flexibility index (Phi) is 4.84. The molecule has 1 aliphatic rings. The molecule has 1 heterocycles. The van der Waals surface area contributed by atoms with Gasteiger partial charge in [0.15, 0.2) is 11.5 Å². The molecule has 0 spiro atoms. The maximum atomic E-state index is 9.93. The van der Waals surface area contributed by atoms with Gasteiger partial charge in [0.05, 0.1) is 7.11 Å². The molecule has 0 amide bonds. The van der Waals surface area contributed by atoms with E-state index in [-0.39, 0.29) is 5.75 Å². The van der Waals surface area contributed by atoms with Crippen molar-refractivity contribution in [2.75, 3.05) is 26.7 Å². The molecule has 3 rings (SSSR count). The first-order chi connectivity index (χ1) is 11.2. The van der Waals surface area contributed by atoms with Crippen molar-refractivity contribution >= 4 is 0 Å². The molecule has 2 aromatic rings. The van der Waals surface area contributed by atoms with E-state index in [9.17, 15) is 5.11 Å². The van der Waals surface area contributed by atoms with Gasteiger partial charge in [0.1, 0.15) is 0 Å². The molecule has 3 N–H and O–H groups in total. The number of benzene rings is 2. The minimum Gasteiger partial charge on any atom is -0.504 e. The second kappa shape index (κ2) is 7.02. The Balaban J connectivity index is 1.77. The third-order valence-electron chi connectivity index (χ3n) is 4.72. The summed E-state index contributed by atoms with van der Waals surface area (Å²) in [4.78, 5) is 2.40. The summed E-state index contributed by atoms with van der Waals surface area (Å²) in [7, 11) is 1.60. The second-order valence-electron chi connectivity index (χ2n) is 6.18. The van der Waals surface area contributed by atoms with Gasteiger partial charge in [-0.05, 0) is 24.1 Å². The number of hydrogen-bond acceptors (Lipinski definition) is 4. The molecule has 4 heteroatoms. The molecule has 4 nitrogen and oxygen atoms in total. The number of likely N-dealkylation sites (tertiary alicyclic amines) is 1. The molecule has 23 heavy (non-hydrogen) atoms. The van der Waals surface area contributed by atoms with Gasteiger partial charge in [-0.25, -0.2) is 0 Å². The summed E-state index contributed by atoms with van der Waals surface area (Å²) in [6.07, 6.45) is 0. The van der Waals surface area contributed by atoms with Gasteiger partial charge < -0.3 is 15.6 Å². The van der Waals surface area contributed by atoms with Crippen LogP contribution in [0.2, 0.25) is 0 Å². The van der Waals surface area contributed by atoms with E-state index in [0.717, 1.165) is 25.2 Å². The number of phenolic OH excluding ortho intramolecular Hbond substituents is 1. The molecule has 0 radical (unpaired) electrons. The van der Waals surface area contributed by atoms with Crippen LogP contribution in [0.1, 0.15) is 17.0 Å². The van der Waals surface area contributed by atoms with Crippen molar-refractivity contribution in [2.24, 2.45) is 11.7 Å². The second-order valence-corrected chi connectivity index (χ2v) is 6.18. The monoisotopic (exact) mass is 312 g/mol. The molecule has 1 saturated heterocycles. The van der Waals surface area contributed by atoms with Crippen molar-refractivity contribution in [1.82, 2.24) is 4.90 Å². The summed E-state index contributed by atoms with van der Waals surface area (Å²) < 4.78 is 5.35. The highest BCUT2D eigenvalue weighted by Crippen LogP contribution is 2.35. The van der Waals surface area contributed by atoms with E-state index in [4.69, 9.17) is 10.5 Å². The lowest BCUT2D eigenvalue weighted by molar-refractivity contribution is 0.304. The predicted octanol–water partition coefficient (Wildman–Crippen LogP) is 2.58. The fraction of sp³-hybridized carbons (Fsp3) is 0.368. The summed E-state index contributed by atoms with van der Waals surface area (Å²) in [6, 6.07) is 16.1. The van der Waals surface area contributed by atoms with Gasteiger partial charge in [0.2, 0.25) is 0 Å². The summed E-state index contributed by atoms with van der Waals surface area (Å²) in [5, 5.41) is 9.93. The van der Waals surface area contributed by atoms with Crippen LogP contribution in [0.15, 0.2) is 48.5 Å². The van der Waals surface area contributed by atoms with Gasteiger partial charge in [-0.3, -0.25) is 4.90 Å². The summed E-state index contributed by atoms with van der Waals surface area (Å²) in [5.74, 6) is 1.68. The molecule has 1 aliphatic heterocycles. The Bertz CT molecular complexity index is 645. The highest BCUT2D eigenvalue weighted by atomic mass is 16.5. The van der Waals surface area contributed by atoms with E-state index in [1.165, 1.54) is 5.56 Å². The quantitative estimate of drug-likeness (QED) is 0.891. The molecule has 0 aliphatic carbocycles. The third-order valence-corrected chi connectivity index (χ3v) is 4.72. The molecule has 2 aromatic carbocycles. The zero-order chi connectivity index (χ0) is 16.2. The fourth-order valence-corrected chi connectivity index (χ4v) is 3.58. The van der Waals surface area contributed by atoms with E-state index in [2.05, 4.69) is 29.2 Å². The predicted molar refractivity (Wildman–Crippen MR) is 91.7 cm³/mol. The minimum absolute atomic E-state index is 0.194. The van der Waals surface area contributed by atoms with Crippen LogP contribution in [0.5, 0.6) is 11.5 Å². The maximum Gasteiger partial charge on any atom is 0.164 e. The summed E-state index contributed by atoms with van der Waals surface area (Å²) in [6.45, 7) is 3.39. The molecular formula is C19H24N2O2. The Morgan fingerprint density at radius 1 is 1.13 bits per heavy atom. The number of nitrogens with zero attached hydrogens (tertiary/aromatic N) is 1. The number of para-hydroxylation sites is 1. The van der Waals surface area contributed by atoms with Gasteiger partial charge >= 0.3 is 0 Å². The Morgan fingerprint density at radius 2 is 1.91 bits per heavy atom. The summed E-state index contributed by atoms with van der Waals surface area (Å²) in [5.41, 5.74) is 8.37. The largest absolute Gasteiger partial charge is 0.504 e. The smallest absolute Gasteiger partial charge is 0.164 e. The average Bonchev–Trinajstić information content (AvgIpc) is 2.99. The number of aromatic hydroxyl groups is 1. The molecule has 1 fully saturated rings. The molecule has 122 valence electrons. The topological polar surface area (TPSA) is 58.7 Å². The average molecular weight is 312 g/mol.